The smallest absolute Gasteiger partial charge is 0.338 e. The summed E-state index contributed by atoms with van der Waals surface area (Å²) in [5.74, 6) is -0.368. The maximum absolute atomic E-state index is 12.1. The van der Waals surface area contributed by atoms with Crippen molar-refractivity contribution in [3.05, 3.63) is 28.2 Å². The van der Waals surface area contributed by atoms with Crippen LogP contribution in [0.4, 0.5) is 10.5 Å². The number of carbonyl (C=O) groups is 2. The van der Waals surface area contributed by atoms with Gasteiger partial charge in [-0.25, -0.2) is 9.59 Å². The molecule has 114 valence electrons. The molecular weight excluding hydrogens is 336 g/mol. The van der Waals surface area contributed by atoms with Crippen LogP contribution >= 0.6 is 15.9 Å². The first-order valence-corrected chi connectivity index (χ1v) is 7.93. The monoisotopic (exact) mass is 354 g/mol. The highest BCUT2D eigenvalue weighted by atomic mass is 79.9. The van der Waals surface area contributed by atoms with Gasteiger partial charge in [-0.3, -0.25) is 0 Å². The number of halogens is 1. The standard InChI is InChI=1S/C15H19BrN2O3/c1-2-21-14(19)11-6-7-13(12(16)10-11)17-15(20)18-8-4-3-5-9-18/h6-7,10H,2-5,8-9H2,1H3,(H,17,20). The molecule has 0 atom stereocenters. The molecule has 2 rings (SSSR count). The van der Waals surface area contributed by atoms with Crippen molar-refractivity contribution < 1.29 is 14.3 Å². The first kappa shape index (κ1) is 15.8. The van der Waals surface area contributed by atoms with Gasteiger partial charge >= 0.3 is 12.0 Å². The summed E-state index contributed by atoms with van der Waals surface area (Å²) in [7, 11) is 0. The van der Waals surface area contributed by atoms with Gasteiger partial charge in [0, 0.05) is 17.6 Å². The van der Waals surface area contributed by atoms with Gasteiger partial charge in [-0.05, 0) is 60.3 Å². The van der Waals surface area contributed by atoms with Crippen molar-refractivity contribution in [2.45, 2.75) is 26.2 Å². The number of esters is 1. The van der Waals surface area contributed by atoms with E-state index < -0.39 is 0 Å². The normalized spacial score (nSPS) is 14.7. The van der Waals surface area contributed by atoms with Gasteiger partial charge in [-0.2, -0.15) is 0 Å². The van der Waals surface area contributed by atoms with Gasteiger partial charge < -0.3 is 15.0 Å². The number of carbonyl (C=O) groups excluding carboxylic acids is 2. The Morgan fingerprint density at radius 1 is 1.29 bits per heavy atom. The zero-order valence-electron chi connectivity index (χ0n) is 12.0. The van der Waals surface area contributed by atoms with Crippen LogP contribution in [0.1, 0.15) is 36.5 Å². The number of piperidine rings is 1. The molecule has 1 saturated heterocycles. The summed E-state index contributed by atoms with van der Waals surface area (Å²) < 4.78 is 5.61. The van der Waals surface area contributed by atoms with Gasteiger partial charge in [0.2, 0.25) is 0 Å². The lowest BCUT2D eigenvalue weighted by Gasteiger charge is -2.27. The van der Waals surface area contributed by atoms with Crippen molar-refractivity contribution in [2.24, 2.45) is 0 Å². The summed E-state index contributed by atoms with van der Waals surface area (Å²) in [6, 6.07) is 4.91. The van der Waals surface area contributed by atoms with Crippen LogP contribution < -0.4 is 5.32 Å². The number of amides is 2. The van der Waals surface area contributed by atoms with Crippen LogP contribution in [-0.2, 0) is 4.74 Å². The zero-order valence-corrected chi connectivity index (χ0v) is 13.6. The van der Waals surface area contributed by atoms with E-state index >= 15 is 0 Å². The van der Waals surface area contributed by atoms with E-state index in [-0.39, 0.29) is 12.0 Å². The number of nitrogens with zero attached hydrogens (tertiary/aromatic N) is 1. The van der Waals surface area contributed by atoms with E-state index in [0.717, 1.165) is 25.9 Å². The molecule has 0 saturated carbocycles. The van der Waals surface area contributed by atoms with E-state index in [9.17, 15) is 9.59 Å². The number of anilines is 1. The van der Waals surface area contributed by atoms with Crippen LogP contribution in [-0.4, -0.2) is 36.6 Å². The molecule has 0 radical (unpaired) electrons. The van der Waals surface area contributed by atoms with E-state index in [1.165, 1.54) is 6.42 Å². The fraction of sp³-hybridized carbons (Fsp3) is 0.467. The molecular formula is C15H19BrN2O3. The summed E-state index contributed by atoms with van der Waals surface area (Å²) in [4.78, 5) is 25.6. The Hall–Kier alpha value is -1.56. The van der Waals surface area contributed by atoms with Crippen LogP contribution in [0.15, 0.2) is 22.7 Å². The van der Waals surface area contributed by atoms with E-state index in [4.69, 9.17) is 4.74 Å². The first-order valence-electron chi connectivity index (χ1n) is 7.14. The molecule has 1 aromatic rings. The molecule has 0 bridgehead atoms. The SMILES string of the molecule is CCOC(=O)c1ccc(NC(=O)N2CCCCC2)c(Br)c1. The van der Waals surface area contributed by atoms with Crippen molar-refractivity contribution >= 4 is 33.6 Å². The molecule has 0 unspecified atom stereocenters. The molecule has 2 amide bonds. The van der Waals surface area contributed by atoms with E-state index in [2.05, 4.69) is 21.2 Å². The summed E-state index contributed by atoms with van der Waals surface area (Å²) in [5.41, 5.74) is 1.11. The number of rotatable bonds is 3. The average molecular weight is 355 g/mol. The van der Waals surface area contributed by atoms with E-state index in [1.807, 2.05) is 4.90 Å². The van der Waals surface area contributed by atoms with Crippen LogP contribution in [0, 0.1) is 0 Å². The third-order valence-electron chi connectivity index (χ3n) is 3.37. The maximum atomic E-state index is 12.1. The molecule has 0 aromatic heterocycles. The third kappa shape index (κ3) is 4.20. The molecule has 1 N–H and O–H groups in total. The fourth-order valence-corrected chi connectivity index (χ4v) is 2.73. The molecule has 1 aliphatic heterocycles. The molecule has 1 aromatic carbocycles. The first-order chi connectivity index (χ1) is 10.1. The lowest BCUT2D eigenvalue weighted by molar-refractivity contribution is 0.0526. The molecule has 1 aliphatic rings. The average Bonchev–Trinajstić information content (AvgIpc) is 2.50. The van der Waals surface area contributed by atoms with Crippen molar-refractivity contribution in [3.8, 4) is 0 Å². The number of likely N-dealkylation sites (tertiary alicyclic amines) is 1. The molecule has 0 aliphatic carbocycles. The van der Waals surface area contributed by atoms with Gasteiger partial charge in [0.05, 0.1) is 17.9 Å². The number of hydrogen-bond donors (Lipinski definition) is 1. The minimum atomic E-state index is -0.368. The van der Waals surface area contributed by atoms with Crippen LogP contribution in [0.25, 0.3) is 0 Å². The molecule has 1 fully saturated rings. The highest BCUT2D eigenvalue weighted by Gasteiger charge is 2.17. The predicted octanol–water partition coefficient (Wildman–Crippen LogP) is 3.64. The largest absolute Gasteiger partial charge is 0.462 e. The van der Waals surface area contributed by atoms with Gasteiger partial charge in [0.1, 0.15) is 0 Å². The van der Waals surface area contributed by atoms with E-state index in [1.54, 1.807) is 25.1 Å². The molecule has 5 nitrogen and oxygen atoms in total. The topological polar surface area (TPSA) is 58.6 Å². The van der Waals surface area contributed by atoms with Gasteiger partial charge in [0.15, 0.2) is 0 Å². The predicted molar refractivity (Wildman–Crippen MR) is 84.5 cm³/mol. The highest BCUT2D eigenvalue weighted by molar-refractivity contribution is 9.10. The number of urea groups is 1. The quantitative estimate of drug-likeness (QED) is 0.842. The Bertz CT molecular complexity index is 528. The second kappa shape index (κ2) is 7.45. The minimum absolute atomic E-state index is 0.0979. The highest BCUT2D eigenvalue weighted by Crippen LogP contribution is 2.25. The number of ether oxygens (including phenoxy) is 1. The van der Waals surface area contributed by atoms with Crippen molar-refractivity contribution in [1.82, 2.24) is 4.90 Å². The fourth-order valence-electron chi connectivity index (χ4n) is 2.25. The van der Waals surface area contributed by atoms with Crippen molar-refractivity contribution in [3.63, 3.8) is 0 Å². The number of hydrogen-bond acceptors (Lipinski definition) is 3. The van der Waals surface area contributed by atoms with Crippen LogP contribution in [0.5, 0.6) is 0 Å². The van der Waals surface area contributed by atoms with Crippen molar-refractivity contribution in [2.75, 3.05) is 25.0 Å². The summed E-state index contributed by atoms with van der Waals surface area (Å²) in [5, 5.41) is 2.87. The summed E-state index contributed by atoms with van der Waals surface area (Å²) >= 11 is 3.38. The second-order valence-corrected chi connectivity index (χ2v) is 5.75. The summed E-state index contributed by atoms with van der Waals surface area (Å²) in [6.45, 7) is 3.69. The molecule has 6 heteroatoms. The molecule has 0 spiro atoms. The van der Waals surface area contributed by atoms with Gasteiger partial charge in [0.25, 0.3) is 0 Å². The Morgan fingerprint density at radius 2 is 2.00 bits per heavy atom. The lowest BCUT2D eigenvalue weighted by Crippen LogP contribution is -2.38. The van der Waals surface area contributed by atoms with Crippen LogP contribution in [0.3, 0.4) is 0 Å². The Morgan fingerprint density at radius 3 is 2.62 bits per heavy atom. The maximum Gasteiger partial charge on any atom is 0.338 e. The number of nitrogens with one attached hydrogen (secondary N) is 1. The van der Waals surface area contributed by atoms with Gasteiger partial charge in [-0.1, -0.05) is 0 Å². The minimum Gasteiger partial charge on any atom is -0.462 e. The Kier molecular flexibility index (Phi) is 5.61. The lowest BCUT2D eigenvalue weighted by atomic mass is 10.1. The Labute approximate surface area is 132 Å². The number of benzene rings is 1. The summed E-state index contributed by atoms with van der Waals surface area (Å²) in [6.07, 6.45) is 3.29. The van der Waals surface area contributed by atoms with Gasteiger partial charge in [-0.15, -0.1) is 0 Å². The van der Waals surface area contributed by atoms with E-state index in [0.29, 0.717) is 22.3 Å². The Balaban J connectivity index is 2.03. The molecule has 1 heterocycles. The van der Waals surface area contributed by atoms with Crippen LogP contribution in [0.2, 0.25) is 0 Å². The second-order valence-electron chi connectivity index (χ2n) is 4.89. The molecule has 21 heavy (non-hydrogen) atoms. The third-order valence-corrected chi connectivity index (χ3v) is 4.02. The zero-order chi connectivity index (χ0) is 15.2. The van der Waals surface area contributed by atoms with Crippen molar-refractivity contribution in [1.29, 1.82) is 0 Å².